The number of nitrogens with zero attached hydrogens (tertiary/aromatic N) is 1. The largest absolute Gasteiger partial charge is 0.361 e. The van der Waals surface area contributed by atoms with Crippen LogP contribution in [-0.2, 0) is 6.54 Å². The van der Waals surface area contributed by atoms with E-state index in [2.05, 4.69) is 15.8 Å². The highest BCUT2D eigenvalue weighted by Crippen LogP contribution is 2.10. The molecule has 4 heteroatoms. The minimum absolute atomic E-state index is 0.819. The molecule has 1 aromatic heterocycles. The molecule has 0 unspecified atom stereocenters. The van der Waals surface area contributed by atoms with Gasteiger partial charge >= 0.3 is 0 Å². The number of hydrogen-bond donors (Lipinski definition) is 2. The van der Waals surface area contributed by atoms with Crippen molar-refractivity contribution in [3.05, 3.63) is 17.5 Å². The lowest BCUT2D eigenvalue weighted by atomic mass is 9.98. The molecule has 0 amide bonds. The van der Waals surface area contributed by atoms with E-state index in [0.29, 0.717) is 0 Å². The second-order valence-electron chi connectivity index (χ2n) is 4.25. The highest BCUT2D eigenvalue weighted by molar-refractivity contribution is 5.02. The van der Waals surface area contributed by atoms with Crippen LogP contribution in [0.5, 0.6) is 0 Å². The Morgan fingerprint density at radius 3 is 3.00 bits per heavy atom. The monoisotopic (exact) mass is 209 g/mol. The lowest BCUT2D eigenvalue weighted by Crippen LogP contribution is -2.33. The topological polar surface area (TPSA) is 50.1 Å². The Bertz CT molecular complexity index is 292. The van der Waals surface area contributed by atoms with Crippen molar-refractivity contribution in [2.75, 3.05) is 19.6 Å². The van der Waals surface area contributed by atoms with Crippen molar-refractivity contribution in [2.45, 2.75) is 26.3 Å². The summed E-state index contributed by atoms with van der Waals surface area (Å²) in [4.78, 5) is 0. The van der Waals surface area contributed by atoms with E-state index in [9.17, 15) is 0 Å². The molecule has 0 atom stereocenters. The van der Waals surface area contributed by atoms with Crippen LogP contribution in [0.3, 0.4) is 0 Å². The molecule has 1 aliphatic rings. The normalized spacial score (nSPS) is 18.2. The van der Waals surface area contributed by atoms with Gasteiger partial charge in [0.05, 0.1) is 5.69 Å². The van der Waals surface area contributed by atoms with E-state index < -0.39 is 0 Å². The standard InChI is InChI=1S/C11H19N3O/c1-9-6-11(14-15-9)8-13-7-10-2-4-12-5-3-10/h6,10,12-13H,2-5,7-8H2,1H3. The van der Waals surface area contributed by atoms with Crippen LogP contribution in [0.1, 0.15) is 24.3 Å². The Morgan fingerprint density at radius 1 is 1.53 bits per heavy atom. The Kier molecular flexibility index (Phi) is 3.75. The molecule has 1 fully saturated rings. The van der Waals surface area contributed by atoms with E-state index in [1.807, 2.05) is 13.0 Å². The molecular weight excluding hydrogens is 190 g/mol. The zero-order valence-corrected chi connectivity index (χ0v) is 9.25. The van der Waals surface area contributed by atoms with Crippen molar-refractivity contribution < 1.29 is 4.52 Å². The minimum atomic E-state index is 0.819. The van der Waals surface area contributed by atoms with Gasteiger partial charge in [-0.3, -0.25) is 0 Å². The first kappa shape index (κ1) is 10.6. The number of rotatable bonds is 4. The fraction of sp³-hybridized carbons (Fsp3) is 0.727. The predicted octanol–water partition coefficient (Wildman–Crippen LogP) is 1.07. The van der Waals surface area contributed by atoms with E-state index in [1.54, 1.807) is 0 Å². The third-order valence-corrected chi connectivity index (χ3v) is 2.87. The summed E-state index contributed by atoms with van der Waals surface area (Å²) in [7, 11) is 0. The van der Waals surface area contributed by atoms with E-state index in [-0.39, 0.29) is 0 Å². The minimum Gasteiger partial charge on any atom is -0.361 e. The van der Waals surface area contributed by atoms with Gasteiger partial charge in [-0.1, -0.05) is 5.16 Å². The summed E-state index contributed by atoms with van der Waals surface area (Å²) >= 11 is 0. The summed E-state index contributed by atoms with van der Waals surface area (Å²) in [5.74, 6) is 1.70. The summed E-state index contributed by atoms with van der Waals surface area (Å²) < 4.78 is 5.01. The van der Waals surface area contributed by atoms with E-state index >= 15 is 0 Å². The Hall–Kier alpha value is -0.870. The fourth-order valence-corrected chi connectivity index (χ4v) is 1.99. The Balaban J connectivity index is 1.65. The first-order chi connectivity index (χ1) is 7.34. The molecule has 0 bridgehead atoms. The summed E-state index contributed by atoms with van der Waals surface area (Å²) in [5, 5.41) is 10.8. The van der Waals surface area contributed by atoms with Crippen molar-refractivity contribution >= 4 is 0 Å². The summed E-state index contributed by atoms with van der Waals surface area (Å²) in [6, 6.07) is 1.98. The molecule has 1 aromatic rings. The SMILES string of the molecule is Cc1cc(CNCC2CCNCC2)no1. The Morgan fingerprint density at radius 2 is 2.33 bits per heavy atom. The lowest BCUT2D eigenvalue weighted by Gasteiger charge is -2.22. The molecule has 1 saturated heterocycles. The van der Waals surface area contributed by atoms with Gasteiger partial charge < -0.3 is 15.2 Å². The van der Waals surface area contributed by atoms with Crippen LogP contribution in [0, 0.1) is 12.8 Å². The van der Waals surface area contributed by atoms with E-state index in [1.165, 1.54) is 12.8 Å². The summed E-state index contributed by atoms with van der Waals surface area (Å²) in [6.45, 7) is 6.16. The van der Waals surface area contributed by atoms with Crippen LogP contribution < -0.4 is 10.6 Å². The molecule has 0 spiro atoms. The first-order valence-electron chi connectivity index (χ1n) is 5.68. The third-order valence-electron chi connectivity index (χ3n) is 2.87. The molecule has 2 heterocycles. The van der Waals surface area contributed by atoms with Crippen molar-refractivity contribution in [1.29, 1.82) is 0 Å². The highest BCUT2D eigenvalue weighted by atomic mass is 16.5. The lowest BCUT2D eigenvalue weighted by molar-refractivity contribution is 0.351. The second-order valence-corrected chi connectivity index (χ2v) is 4.25. The molecule has 0 aromatic carbocycles. The van der Waals surface area contributed by atoms with Gasteiger partial charge in [-0.05, 0) is 45.3 Å². The fourth-order valence-electron chi connectivity index (χ4n) is 1.99. The maximum atomic E-state index is 5.01. The molecule has 15 heavy (non-hydrogen) atoms. The number of nitrogens with one attached hydrogen (secondary N) is 2. The van der Waals surface area contributed by atoms with Gasteiger partial charge in [0.15, 0.2) is 0 Å². The average Bonchev–Trinajstić information content (AvgIpc) is 2.66. The van der Waals surface area contributed by atoms with Crippen molar-refractivity contribution in [2.24, 2.45) is 5.92 Å². The zero-order valence-electron chi connectivity index (χ0n) is 9.25. The maximum Gasteiger partial charge on any atom is 0.133 e. The number of aryl methyl sites for hydroxylation is 1. The van der Waals surface area contributed by atoms with Crippen LogP contribution in [-0.4, -0.2) is 24.8 Å². The van der Waals surface area contributed by atoms with Gasteiger partial charge in [-0.2, -0.15) is 0 Å². The van der Waals surface area contributed by atoms with Gasteiger partial charge in [0.25, 0.3) is 0 Å². The van der Waals surface area contributed by atoms with Crippen molar-refractivity contribution in [3.8, 4) is 0 Å². The van der Waals surface area contributed by atoms with Crippen LogP contribution >= 0.6 is 0 Å². The molecular formula is C11H19N3O. The van der Waals surface area contributed by atoms with Crippen LogP contribution in [0.25, 0.3) is 0 Å². The summed E-state index contributed by atoms with van der Waals surface area (Å²) in [5.41, 5.74) is 1.00. The van der Waals surface area contributed by atoms with Crippen molar-refractivity contribution in [1.82, 2.24) is 15.8 Å². The number of piperidine rings is 1. The second kappa shape index (κ2) is 5.28. The number of hydrogen-bond acceptors (Lipinski definition) is 4. The molecule has 4 nitrogen and oxygen atoms in total. The van der Waals surface area contributed by atoms with Crippen LogP contribution in [0.15, 0.2) is 10.6 Å². The van der Waals surface area contributed by atoms with Gasteiger partial charge in [-0.25, -0.2) is 0 Å². The van der Waals surface area contributed by atoms with Crippen LogP contribution in [0.4, 0.5) is 0 Å². The van der Waals surface area contributed by atoms with Gasteiger partial charge in [0.1, 0.15) is 5.76 Å². The van der Waals surface area contributed by atoms with Gasteiger partial charge in [0, 0.05) is 12.6 Å². The first-order valence-corrected chi connectivity index (χ1v) is 5.68. The average molecular weight is 209 g/mol. The molecule has 0 aliphatic carbocycles. The highest BCUT2D eigenvalue weighted by Gasteiger charge is 2.12. The third kappa shape index (κ3) is 3.32. The zero-order chi connectivity index (χ0) is 10.5. The maximum absolute atomic E-state index is 5.01. The molecule has 2 rings (SSSR count). The molecule has 1 aliphatic heterocycles. The number of aromatic nitrogens is 1. The van der Waals surface area contributed by atoms with Gasteiger partial charge in [0.2, 0.25) is 0 Å². The smallest absolute Gasteiger partial charge is 0.133 e. The molecule has 0 saturated carbocycles. The van der Waals surface area contributed by atoms with Crippen LogP contribution in [0.2, 0.25) is 0 Å². The molecule has 84 valence electrons. The quantitative estimate of drug-likeness (QED) is 0.779. The van der Waals surface area contributed by atoms with E-state index in [0.717, 1.165) is 43.6 Å². The Labute approximate surface area is 90.4 Å². The molecule has 2 N–H and O–H groups in total. The van der Waals surface area contributed by atoms with Crippen molar-refractivity contribution in [3.63, 3.8) is 0 Å². The summed E-state index contributed by atoms with van der Waals surface area (Å²) in [6.07, 6.45) is 2.57. The predicted molar refractivity (Wildman–Crippen MR) is 58.5 cm³/mol. The molecule has 0 radical (unpaired) electrons. The van der Waals surface area contributed by atoms with Gasteiger partial charge in [-0.15, -0.1) is 0 Å². The van der Waals surface area contributed by atoms with E-state index in [4.69, 9.17) is 4.52 Å².